The molecule has 0 bridgehead atoms. The summed E-state index contributed by atoms with van der Waals surface area (Å²) in [6, 6.07) is 0. The molecule has 0 saturated heterocycles. The predicted molar refractivity (Wildman–Crippen MR) is 55.2 cm³/mol. The lowest BCUT2D eigenvalue weighted by atomic mass is 9.71. The van der Waals surface area contributed by atoms with Gasteiger partial charge in [0.05, 0.1) is 0 Å². The molecule has 1 aliphatic carbocycles. The third-order valence-corrected chi connectivity index (χ3v) is 3.41. The first-order chi connectivity index (χ1) is 5.76. The van der Waals surface area contributed by atoms with Crippen molar-refractivity contribution in [1.29, 1.82) is 0 Å². The standard InChI is InChI=1S/C12H24/c1-4-6-11(5-2)9-12-7-10(3)8-12/h10-12H,4-9H2,1-3H3. The molecule has 0 aromatic heterocycles. The molecule has 0 aliphatic heterocycles. The van der Waals surface area contributed by atoms with Crippen molar-refractivity contribution in [3.8, 4) is 0 Å². The van der Waals surface area contributed by atoms with Gasteiger partial charge < -0.3 is 0 Å². The van der Waals surface area contributed by atoms with E-state index >= 15 is 0 Å². The molecule has 0 nitrogen and oxygen atoms in total. The topological polar surface area (TPSA) is 0 Å². The lowest BCUT2D eigenvalue weighted by Crippen LogP contribution is -2.23. The molecular formula is C12H24. The first-order valence-corrected chi connectivity index (χ1v) is 5.76. The highest BCUT2D eigenvalue weighted by Crippen LogP contribution is 2.38. The Labute approximate surface area is 77.7 Å². The summed E-state index contributed by atoms with van der Waals surface area (Å²) in [5.41, 5.74) is 0. The highest BCUT2D eigenvalue weighted by Gasteiger charge is 2.26. The van der Waals surface area contributed by atoms with Gasteiger partial charge in [0.1, 0.15) is 0 Å². The van der Waals surface area contributed by atoms with Crippen LogP contribution >= 0.6 is 0 Å². The molecule has 0 heteroatoms. The van der Waals surface area contributed by atoms with Gasteiger partial charge in [-0.3, -0.25) is 0 Å². The average molecular weight is 168 g/mol. The summed E-state index contributed by atoms with van der Waals surface area (Å²) < 4.78 is 0. The summed E-state index contributed by atoms with van der Waals surface area (Å²) in [4.78, 5) is 0. The third kappa shape index (κ3) is 2.80. The summed E-state index contributed by atoms with van der Waals surface area (Å²) in [6.45, 7) is 7.05. The van der Waals surface area contributed by atoms with E-state index in [1.54, 1.807) is 0 Å². The number of hydrogen-bond donors (Lipinski definition) is 0. The Hall–Kier alpha value is 0. The van der Waals surface area contributed by atoms with Crippen LogP contribution in [0.5, 0.6) is 0 Å². The Kier molecular flexibility index (Phi) is 4.11. The van der Waals surface area contributed by atoms with Crippen LogP contribution in [0, 0.1) is 17.8 Å². The van der Waals surface area contributed by atoms with Crippen molar-refractivity contribution in [1.82, 2.24) is 0 Å². The fraction of sp³-hybridized carbons (Fsp3) is 1.00. The van der Waals surface area contributed by atoms with Gasteiger partial charge in [0.25, 0.3) is 0 Å². The third-order valence-electron chi connectivity index (χ3n) is 3.41. The second kappa shape index (κ2) is 4.89. The SMILES string of the molecule is CCCC(CC)CC1CC(C)C1. The van der Waals surface area contributed by atoms with Crippen LogP contribution in [0.15, 0.2) is 0 Å². The maximum atomic E-state index is 2.39. The van der Waals surface area contributed by atoms with E-state index < -0.39 is 0 Å². The van der Waals surface area contributed by atoms with Crippen LogP contribution in [0.3, 0.4) is 0 Å². The Morgan fingerprint density at radius 2 is 1.92 bits per heavy atom. The quantitative estimate of drug-likeness (QED) is 0.575. The molecule has 0 heterocycles. The van der Waals surface area contributed by atoms with Gasteiger partial charge in [-0.25, -0.2) is 0 Å². The van der Waals surface area contributed by atoms with E-state index in [1.165, 1.54) is 38.5 Å². The van der Waals surface area contributed by atoms with Crippen LogP contribution in [0.4, 0.5) is 0 Å². The lowest BCUT2D eigenvalue weighted by molar-refractivity contribution is 0.167. The zero-order chi connectivity index (χ0) is 8.97. The van der Waals surface area contributed by atoms with E-state index in [0.717, 1.165) is 17.8 Å². The van der Waals surface area contributed by atoms with E-state index in [-0.39, 0.29) is 0 Å². The summed E-state index contributed by atoms with van der Waals surface area (Å²) in [5, 5.41) is 0. The largest absolute Gasteiger partial charge is 0.0654 e. The van der Waals surface area contributed by atoms with Gasteiger partial charge in [-0.1, -0.05) is 40.0 Å². The monoisotopic (exact) mass is 168 g/mol. The zero-order valence-corrected chi connectivity index (χ0v) is 8.97. The van der Waals surface area contributed by atoms with Crippen LogP contribution in [-0.4, -0.2) is 0 Å². The Morgan fingerprint density at radius 3 is 2.33 bits per heavy atom. The summed E-state index contributed by atoms with van der Waals surface area (Å²) >= 11 is 0. The number of hydrogen-bond acceptors (Lipinski definition) is 0. The van der Waals surface area contributed by atoms with Gasteiger partial charge in [0, 0.05) is 0 Å². The number of rotatable bonds is 5. The minimum atomic E-state index is 1.03. The zero-order valence-electron chi connectivity index (χ0n) is 8.97. The molecule has 12 heavy (non-hydrogen) atoms. The highest BCUT2D eigenvalue weighted by atomic mass is 14.3. The summed E-state index contributed by atoms with van der Waals surface area (Å²) in [7, 11) is 0. The van der Waals surface area contributed by atoms with Crippen LogP contribution in [-0.2, 0) is 0 Å². The molecule has 0 spiro atoms. The maximum Gasteiger partial charge on any atom is -0.0407 e. The second-order valence-electron chi connectivity index (χ2n) is 4.74. The molecular weight excluding hydrogens is 144 g/mol. The molecule has 0 aromatic rings. The second-order valence-corrected chi connectivity index (χ2v) is 4.74. The lowest BCUT2D eigenvalue weighted by Gasteiger charge is -2.35. The molecule has 0 N–H and O–H groups in total. The van der Waals surface area contributed by atoms with Crippen molar-refractivity contribution in [3.63, 3.8) is 0 Å². The van der Waals surface area contributed by atoms with Gasteiger partial charge >= 0.3 is 0 Å². The van der Waals surface area contributed by atoms with Crippen LogP contribution in [0.2, 0.25) is 0 Å². The van der Waals surface area contributed by atoms with Crippen molar-refractivity contribution >= 4 is 0 Å². The first kappa shape index (κ1) is 10.1. The van der Waals surface area contributed by atoms with E-state index in [4.69, 9.17) is 0 Å². The Bertz CT molecular complexity index is 111. The molecule has 1 aliphatic rings. The van der Waals surface area contributed by atoms with Crippen LogP contribution in [0.1, 0.15) is 59.3 Å². The van der Waals surface area contributed by atoms with Gasteiger partial charge in [-0.05, 0) is 37.0 Å². The molecule has 1 unspecified atom stereocenters. The van der Waals surface area contributed by atoms with E-state index in [1.807, 2.05) is 0 Å². The van der Waals surface area contributed by atoms with Crippen molar-refractivity contribution in [3.05, 3.63) is 0 Å². The van der Waals surface area contributed by atoms with Crippen molar-refractivity contribution in [2.45, 2.75) is 59.3 Å². The van der Waals surface area contributed by atoms with Gasteiger partial charge in [0.15, 0.2) is 0 Å². The average Bonchev–Trinajstić information content (AvgIpc) is 2.00. The molecule has 1 saturated carbocycles. The smallest absolute Gasteiger partial charge is 0.0407 e. The van der Waals surface area contributed by atoms with Crippen LogP contribution < -0.4 is 0 Å². The van der Waals surface area contributed by atoms with Gasteiger partial charge in [-0.2, -0.15) is 0 Å². The molecule has 0 amide bonds. The van der Waals surface area contributed by atoms with Gasteiger partial charge in [-0.15, -0.1) is 0 Å². The molecule has 0 radical (unpaired) electrons. The minimum absolute atomic E-state index is 1.03. The van der Waals surface area contributed by atoms with Crippen molar-refractivity contribution in [2.24, 2.45) is 17.8 Å². The van der Waals surface area contributed by atoms with E-state index in [9.17, 15) is 0 Å². The van der Waals surface area contributed by atoms with Crippen molar-refractivity contribution < 1.29 is 0 Å². The Morgan fingerprint density at radius 1 is 1.25 bits per heavy atom. The van der Waals surface area contributed by atoms with Gasteiger partial charge in [0.2, 0.25) is 0 Å². The fourth-order valence-corrected chi connectivity index (χ4v) is 2.63. The first-order valence-electron chi connectivity index (χ1n) is 5.76. The fourth-order valence-electron chi connectivity index (χ4n) is 2.63. The van der Waals surface area contributed by atoms with E-state index in [0.29, 0.717) is 0 Å². The van der Waals surface area contributed by atoms with E-state index in [2.05, 4.69) is 20.8 Å². The van der Waals surface area contributed by atoms with Crippen LogP contribution in [0.25, 0.3) is 0 Å². The molecule has 1 atom stereocenters. The highest BCUT2D eigenvalue weighted by molar-refractivity contribution is 4.78. The normalized spacial score (nSPS) is 31.2. The van der Waals surface area contributed by atoms with Crippen molar-refractivity contribution in [2.75, 3.05) is 0 Å². The Balaban J connectivity index is 2.10. The summed E-state index contributed by atoms with van der Waals surface area (Å²) in [5.74, 6) is 3.16. The maximum absolute atomic E-state index is 2.39. The predicted octanol–water partition coefficient (Wildman–Crippen LogP) is 4.25. The molecule has 72 valence electrons. The molecule has 1 fully saturated rings. The molecule has 0 aromatic carbocycles. The summed E-state index contributed by atoms with van der Waals surface area (Å²) in [6.07, 6.45) is 8.79. The minimum Gasteiger partial charge on any atom is -0.0654 e. The molecule has 1 rings (SSSR count).